The molecule has 1 heterocycles. The van der Waals surface area contributed by atoms with E-state index in [2.05, 4.69) is 10.3 Å². The van der Waals surface area contributed by atoms with Gasteiger partial charge in [-0.25, -0.2) is 0 Å². The summed E-state index contributed by atoms with van der Waals surface area (Å²) in [6.07, 6.45) is 1.56. The fourth-order valence-corrected chi connectivity index (χ4v) is 1.72. The standard InChI is InChI=1S/C15H16N2O2/c1-10-4-7-14(19-3)13(8-10)17-15(18)12-6-5-11(2)16-9-12/h4-9H,1-3H3,(H,17,18). The van der Waals surface area contributed by atoms with Crippen LogP contribution in [0.25, 0.3) is 0 Å². The molecule has 1 aromatic heterocycles. The Morgan fingerprint density at radius 1 is 1.21 bits per heavy atom. The van der Waals surface area contributed by atoms with Gasteiger partial charge in [0.05, 0.1) is 18.4 Å². The number of rotatable bonds is 3. The molecule has 0 saturated heterocycles. The van der Waals surface area contributed by atoms with E-state index < -0.39 is 0 Å². The fourth-order valence-electron chi connectivity index (χ4n) is 1.72. The quantitative estimate of drug-likeness (QED) is 0.918. The Morgan fingerprint density at radius 2 is 2.00 bits per heavy atom. The number of aryl methyl sites for hydroxylation is 2. The smallest absolute Gasteiger partial charge is 0.257 e. The van der Waals surface area contributed by atoms with Gasteiger partial charge in [-0.05, 0) is 43.7 Å². The molecule has 2 rings (SSSR count). The average Bonchev–Trinajstić information content (AvgIpc) is 2.39. The summed E-state index contributed by atoms with van der Waals surface area (Å²) in [5.74, 6) is 0.440. The molecule has 0 unspecified atom stereocenters. The Morgan fingerprint density at radius 3 is 2.63 bits per heavy atom. The van der Waals surface area contributed by atoms with Crippen LogP contribution in [-0.2, 0) is 0 Å². The van der Waals surface area contributed by atoms with Gasteiger partial charge in [-0.15, -0.1) is 0 Å². The van der Waals surface area contributed by atoms with Crippen molar-refractivity contribution < 1.29 is 9.53 Å². The highest BCUT2D eigenvalue weighted by molar-refractivity contribution is 6.04. The third-order valence-corrected chi connectivity index (χ3v) is 2.78. The number of aromatic nitrogens is 1. The lowest BCUT2D eigenvalue weighted by atomic mass is 10.2. The van der Waals surface area contributed by atoms with E-state index in [1.807, 2.05) is 38.1 Å². The lowest BCUT2D eigenvalue weighted by molar-refractivity contribution is 0.102. The molecule has 4 heteroatoms. The largest absolute Gasteiger partial charge is 0.495 e. The van der Waals surface area contributed by atoms with E-state index in [0.717, 1.165) is 11.3 Å². The summed E-state index contributed by atoms with van der Waals surface area (Å²) in [6, 6.07) is 9.20. The van der Waals surface area contributed by atoms with Crippen molar-refractivity contribution in [2.75, 3.05) is 12.4 Å². The fraction of sp³-hybridized carbons (Fsp3) is 0.200. The van der Waals surface area contributed by atoms with Crippen LogP contribution < -0.4 is 10.1 Å². The number of nitrogens with zero attached hydrogens (tertiary/aromatic N) is 1. The summed E-state index contributed by atoms with van der Waals surface area (Å²) in [7, 11) is 1.58. The van der Waals surface area contributed by atoms with Gasteiger partial charge in [-0.2, -0.15) is 0 Å². The predicted octanol–water partition coefficient (Wildman–Crippen LogP) is 2.96. The maximum Gasteiger partial charge on any atom is 0.257 e. The second-order valence-electron chi connectivity index (χ2n) is 4.35. The van der Waals surface area contributed by atoms with Crippen LogP contribution in [0.5, 0.6) is 5.75 Å². The Hall–Kier alpha value is -2.36. The Bertz CT molecular complexity index is 592. The molecule has 0 spiro atoms. The van der Waals surface area contributed by atoms with Gasteiger partial charge in [0.1, 0.15) is 5.75 Å². The third kappa shape index (κ3) is 3.10. The van der Waals surface area contributed by atoms with Crippen molar-refractivity contribution in [1.82, 2.24) is 4.98 Å². The number of nitrogens with one attached hydrogen (secondary N) is 1. The first-order chi connectivity index (χ1) is 9.10. The number of amides is 1. The second-order valence-corrected chi connectivity index (χ2v) is 4.35. The molecule has 1 aromatic carbocycles. The van der Waals surface area contributed by atoms with Crippen molar-refractivity contribution in [2.45, 2.75) is 13.8 Å². The van der Waals surface area contributed by atoms with Crippen LogP contribution in [0.2, 0.25) is 0 Å². The molecule has 4 nitrogen and oxygen atoms in total. The normalized spacial score (nSPS) is 10.1. The van der Waals surface area contributed by atoms with Gasteiger partial charge in [0.15, 0.2) is 0 Å². The predicted molar refractivity (Wildman–Crippen MR) is 74.7 cm³/mol. The maximum absolute atomic E-state index is 12.1. The van der Waals surface area contributed by atoms with Gasteiger partial charge in [-0.1, -0.05) is 6.07 Å². The lowest BCUT2D eigenvalue weighted by Crippen LogP contribution is -2.13. The highest BCUT2D eigenvalue weighted by Crippen LogP contribution is 2.25. The second kappa shape index (κ2) is 5.52. The van der Waals surface area contributed by atoms with Gasteiger partial charge in [0.2, 0.25) is 0 Å². The number of hydrogen-bond donors (Lipinski definition) is 1. The van der Waals surface area contributed by atoms with Crippen molar-refractivity contribution in [3.8, 4) is 5.75 Å². The number of carbonyl (C=O) groups excluding carboxylic acids is 1. The number of anilines is 1. The monoisotopic (exact) mass is 256 g/mol. The summed E-state index contributed by atoms with van der Waals surface area (Å²) in [5, 5.41) is 2.83. The van der Waals surface area contributed by atoms with Crippen molar-refractivity contribution in [3.05, 3.63) is 53.3 Å². The van der Waals surface area contributed by atoms with Gasteiger partial charge in [0.25, 0.3) is 5.91 Å². The van der Waals surface area contributed by atoms with E-state index in [1.165, 1.54) is 0 Å². The van der Waals surface area contributed by atoms with Crippen LogP contribution >= 0.6 is 0 Å². The van der Waals surface area contributed by atoms with Crippen molar-refractivity contribution in [1.29, 1.82) is 0 Å². The zero-order valence-corrected chi connectivity index (χ0v) is 11.2. The molecule has 0 fully saturated rings. The van der Waals surface area contributed by atoms with Crippen LogP contribution in [0.1, 0.15) is 21.6 Å². The van der Waals surface area contributed by atoms with Gasteiger partial charge >= 0.3 is 0 Å². The summed E-state index contributed by atoms with van der Waals surface area (Å²) in [5.41, 5.74) is 3.12. The molecule has 0 aliphatic carbocycles. The van der Waals surface area contributed by atoms with Gasteiger partial charge < -0.3 is 10.1 Å². The van der Waals surface area contributed by atoms with Crippen LogP contribution in [0, 0.1) is 13.8 Å². The molecule has 1 N–H and O–H groups in total. The number of benzene rings is 1. The van der Waals surface area contributed by atoms with Crippen LogP contribution in [0.15, 0.2) is 36.5 Å². The summed E-state index contributed by atoms with van der Waals surface area (Å²) in [6.45, 7) is 3.84. The van der Waals surface area contributed by atoms with Gasteiger partial charge in [0, 0.05) is 11.9 Å². The lowest BCUT2D eigenvalue weighted by Gasteiger charge is -2.11. The van der Waals surface area contributed by atoms with Crippen LogP contribution in [0.3, 0.4) is 0 Å². The molecule has 19 heavy (non-hydrogen) atoms. The number of pyridine rings is 1. The minimum Gasteiger partial charge on any atom is -0.495 e. The molecule has 2 aromatic rings. The molecule has 0 aliphatic heterocycles. The minimum atomic E-state index is -0.198. The Labute approximate surface area is 112 Å². The zero-order chi connectivity index (χ0) is 13.8. The highest BCUT2D eigenvalue weighted by atomic mass is 16.5. The number of carbonyl (C=O) groups is 1. The molecule has 1 amide bonds. The van der Waals surface area contributed by atoms with Crippen molar-refractivity contribution in [2.24, 2.45) is 0 Å². The zero-order valence-electron chi connectivity index (χ0n) is 11.2. The first kappa shape index (κ1) is 13.1. The molecule has 98 valence electrons. The van der Waals surface area contributed by atoms with E-state index >= 15 is 0 Å². The van der Waals surface area contributed by atoms with Crippen LogP contribution in [0.4, 0.5) is 5.69 Å². The third-order valence-electron chi connectivity index (χ3n) is 2.78. The van der Waals surface area contributed by atoms with E-state index in [-0.39, 0.29) is 5.91 Å². The van der Waals surface area contributed by atoms with Crippen LogP contribution in [-0.4, -0.2) is 18.0 Å². The molecular formula is C15H16N2O2. The number of hydrogen-bond acceptors (Lipinski definition) is 3. The van der Waals surface area contributed by atoms with E-state index in [4.69, 9.17) is 4.74 Å². The molecule has 0 saturated carbocycles. The van der Waals surface area contributed by atoms with E-state index in [9.17, 15) is 4.79 Å². The summed E-state index contributed by atoms with van der Waals surface area (Å²) < 4.78 is 5.23. The highest BCUT2D eigenvalue weighted by Gasteiger charge is 2.10. The van der Waals surface area contributed by atoms with E-state index in [0.29, 0.717) is 17.0 Å². The van der Waals surface area contributed by atoms with Gasteiger partial charge in [-0.3, -0.25) is 9.78 Å². The summed E-state index contributed by atoms with van der Waals surface area (Å²) in [4.78, 5) is 16.2. The first-order valence-electron chi connectivity index (χ1n) is 5.99. The first-order valence-corrected chi connectivity index (χ1v) is 5.99. The van der Waals surface area contributed by atoms with E-state index in [1.54, 1.807) is 19.4 Å². The van der Waals surface area contributed by atoms with Crippen molar-refractivity contribution in [3.63, 3.8) is 0 Å². The molecule has 0 aliphatic rings. The molecular weight excluding hydrogens is 240 g/mol. The minimum absolute atomic E-state index is 0.198. The number of methoxy groups -OCH3 is 1. The Kier molecular flexibility index (Phi) is 3.80. The maximum atomic E-state index is 12.1. The SMILES string of the molecule is COc1ccc(C)cc1NC(=O)c1ccc(C)nc1. The Balaban J connectivity index is 2.23. The molecule has 0 atom stereocenters. The molecule has 0 radical (unpaired) electrons. The average molecular weight is 256 g/mol. The summed E-state index contributed by atoms with van der Waals surface area (Å²) >= 11 is 0. The number of ether oxygens (including phenoxy) is 1. The molecule has 0 bridgehead atoms. The van der Waals surface area contributed by atoms with Crippen molar-refractivity contribution >= 4 is 11.6 Å². The topological polar surface area (TPSA) is 51.2 Å².